The second kappa shape index (κ2) is 4.28. The zero-order valence-electron chi connectivity index (χ0n) is 7.84. The fraction of sp³-hybridized carbons (Fsp3) is 0.455. The van der Waals surface area contributed by atoms with Crippen molar-refractivity contribution in [3.05, 3.63) is 34.9 Å². The highest BCUT2D eigenvalue weighted by Crippen LogP contribution is 2.29. The molecular formula is C11H13ClFN. The fourth-order valence-electron chi connectivity index (χ4n) is 2.00. The quantitative estimate of drug-likeness (QED) is 0.797. The van der Waals surface area contributed by atoms with Gasteiger partial charge in [-0.3, -0.25) is 4.39 Å². The molecule has 0 aromatic heterocycles. The maximum absolute atomic E-state index is 12.6. The molecule has 0 unspecified atom stereocenters. The van der Waals surface area contributed by atoms with Crippen molar-refractivity contribution >= 4 is 11.6 Å². The average molecular weight is 214 g/mol. The van der Waals surface area contributed by atoms with Crippen molar-refractivity contribution in [2.75, 3.05) is 19.8 Å². The summed E-state index contributed by atoms with van der Waals surface area (Å²) in [5, 5.41) is 3.95. The van der Waals surface area contributed by atoms with Crippen LogP contribution in [-0.4, -0.2) is 19.8 Å². The topological polar surface area (TPSA) is 12.0 Å². The number of nitrogens with one attached hydrogen (secondary N) is 1. The van der Waals surface area contributed by atoms with Gasteiger partial charge in [0.2, 0.25) is 0 Å². The Morgan fingerprint density at radius 3 is 2.64 bits per heavy atom. The van der Waals surface area contributed by atoms with Crippen LogP contribution in [0, 0.1) is 5.92 Å². The highest BCUT2D eigenvalue weighted by molar-refractivity contribution is 6.30. The second-order valence-electron chi connectivity index (χ2n) is 3.73. The molecule has 2 rings (SSSR count). The number of alkyl halides is 1. The predicted molar refractivity (Wildman–Crippen MR) is 56.5 cm³/mol. The third-order valence-electron chi connectivity index (χ3n) is 2.84. The Morgan fingerprint density at radius 1 is 1.29 bits per heavy atom. The van der Waals surface area contributed by atoms with E-state index in [0.717, 1.165) is 18.1 Å². The van der Waals surface area contributed by atoms with Gasteiger partial charge < -0.3 is 5.32 Å². The van der Waals surface area contributed by atoms with Crippen LogP contribution in [0.5, 0.6) is 0 Å². The van der Waals surface area contributed by atoms with Crippen LogP contribution in [0.4, 0.5) is 4.39 Å². The molecule has 1 saturated heterocycles. The van der Waals surface area contributed by atoms with Gasteiger partial charge in [0, 0.05) is 29.9 Å². The van der Waals surface area contributed by atoms with Gasteiger partial charge in [0.1, 0.15) is 0 Å². The van der Waals surface area contributed by atoms with Crippen LogP contribution < -0.4 is 5.32 Å². The number of rotatable bonds is 2. The summed E-state index contributed by atoms with van der Waals surface area (Å²) in [6.07, 6.45) is 0. The third-order valence-corrected chi connectivity index (χ3v) is 3.09. The molecule has 1 aromatic carbocycles. The van der Waals surface area contributed by atoms with Crippen LogP contribution in [0.3, 0.4) is 0 Å². The lowest BCUT2D eigenvalue weighted by molar-refractivity contribution is 0.358. The molecule has 1 aliphatic heterocycles. The summed E-state index contributed by atoms with van der Waals surface area (Å²) in [6.45, 7) is 1.40. The van der Waals surface area contributed by atoms with Crippen molar-refractivity contribution in [1.29, 1.82) is 0 Å². The largest absolute Gasteiger partial charge is 0.316 e. The van der Waals surface area contributed by atoms with Crippen LogP contribution in [0.25, 0.3) is 0 Å². The molecule has 0 radical (unpaired) electrons. The molecule has 0 amide bonds. The molecule has 0 saturated carbocycles. The van der Waals surface area contributed by atoms with Crippen LogP contribution in [0.1, 0.15) is 11.5 Å². The van der Waals surface area contributed by atoms with Crippen molar-refractivity contribution in [2.45, 2.75) is 5.92 Å². The highest BCUT2D eigenvalue weighted by Gasteiger charge is 2.27. The van der Waals surface area contributed by atoms with Gasteiger partial charge >= 0.3 is 0 Å². The average Bonchev–Trinajstić information content (AvgIpc) is 2.67. The van der Waals surface area contributed by atoms with Crippen molar-refractivity contribution < 1.29 is 4.39 Å². The van der Waals surface area contributed by atoms with Gasteiger partial charge in [-0.15, -0.1) is 0 Å². The number of hydrogen-bond acceptors (Lipinski definition) is 1. The second-order valence-corrected chi connectivity index (χ2v) is 4.17. The zero-order valence-corrected chi connectivity index (χ0v) is 8.60. The van der Waals surface area contributed by atoms with Crippen LogP contribution >= 0.6 is 11.6 Å². The molecule has 76 valence electrons. The molecule has 14 heavy (non-hydrogen) atoms. The van der Waals surface area contributed by atoms with E-state index in [-0.39, 0.29) is 12.6 Å². The highest BCUT2D eigenvalue weighted by atomic mass is 35.5. The Balaban J connectivity index is 2.17. The van der Waals surface area contributed by atoms with E-state index in [1.54, 1.807) is 0 Å². The molecule has 1 heterocycles. The molecule has 3 heteroatoms. The Bertz CT molecular complexity index is 299. The van der Waals surface area contributed by atoms with Crippen molar-refractivity contribution in [2.24, 2.45) is 5.92 Å². The molecule has 1 fully saturated rings. The van der Waals surface area contributed by atoms with Crippen LogP contribution in [0.15, 0.2) is 24.3 Å². The van der Waals surface area contributed by atoms with Crippen molar-refractivity contribution in [1.82, 2.24) is 5.32 Å². The molecule has 1 N–H and O–H groups in total. The smallest absolute Gasteiger partial charge is 0.0941 e. The fourth-order valence-corrected chi connectivity index (χ4v) is 2.12. The first-order chi connectivity index (χ1) is 6.81. The summed E-state index contributed by atoms with van der Waals surface area (Å²) in [5.41, 5.74) is 1.18. The number of hydrogen-bond donors (Lipinski definition) is 1. The lowest BCUT2D eigenvalue weighted by atomic mass is 9.90. The minimum Gasteiger partial charge on any atom is -0.316 e. The zero-order chi connectivity index (χ0) is 9.97. The number of halogens is 2. The van der Waals surface area contributed by atoms with Gasteiger partial charge in [-0.05, 0) is 17.7 Å². The van der Waals surface area contributed by atoms with Gasteiger partial charge in [-0.1, -0.05) is 23.7 Å². The third kappa shape index (κ3) is 1.91. The van der Waals surface area contributed by atoms with Gasteiger partial charge in [0.25, 0.3) is 0 Å². The van der Waals surface area contributed by atoms with E-state index in [2.05, 4.69) is 5.32 Å². The molecular weight excluding hydrogens is 201 g/mol. The molecule has 0 aliphatic carbocycles. The van der Waals surface area contributed by atoms with E-state index in [1.807, 2.05) is 24.3 Å². The maximum atomic E-state index is 12.6. The van der Waals surface area contributed by atoms with E-state index < -0.39 is 0 Å². The van der Waals surface area contributed by atoms with Crippen LogP contribution in [-0.2, 0) is 0 Å². The minimum absolute atomic E-state index is 0.121. The van der Waals surface area contributed by atoms with Gasteiger partial charge in [-0.25, -0.2) is 0 Å². The molecule has 0 spiro atoms. The van der Waals surface area contributed by atoms with Gasteiger partial charge in [0.05, 0.1) is 6.67 Å². The van der Waals surface area contributed by atoms with E-state index in [9.17, 15) is 4.39 Å². The van der Waals surface area contributed by atoms with Crippen molar-refractivity contribution in [3.63, 3.8) is 0 Å². The van der Waals surface area contributed by atoms with E-state index >= 15 is 0 Å². The Morgan fingerprint density at radius 2 is 2.00 bits per heavy atom. The number of benzene rings is 1. The lowest BCUT2D eigenvalue weighted by Crippen LogP contribution is -2.12. The molecule has 1 aliphatic rings. The van der Waals surface area contributed by atoms with Gasteiger partial charge in [0.15, 0.2) is 0 Å². The first-order valence-corrected chi connectivity index (χ1v) is 5.21. The first-order valence-electron chi connectivity index (χ1n) is 4.83. The standard InChI is InChI=1S/C11H13ClFN/c12-10-3-1-8(2-4-10)11-7-14-6-9(11)5-13/h1-4,9,11,14H,5-7H2/t9-,11-/m0/s1. The molecule has 1 aromatic rings. The summed E-state index contributed by atoms with van der Waals surface area (Å²) in [5.74, 6) is 0.424. The Hall–Kier alpha value is -0.600. The monoisotopic (exact) mass is 213 g/mol. The lowest BCUT2D eigenvalue weighted by Gasteiger charge is -2.15. The summed E-state index contributed by atoms with van der Waals surface area (Å²) < 4.78 is 12.6. The predicted octanol–water partition coefficient (Wildman–Crippen LogP) is 2.61. The Kier molecular flexibility index (Phi) is 3.04. The van der Waals surface area contributed by atoms with Crippen LogP contribution in [0.2, 0.25) is 5.02 Å². The molecule has 1 nitrogen and oxygen atoms in total. The van der Waals surface area contributed by atoms with Crippen molar-refractivity contribution in [3.8, 4) is 0 Å². The van der Waals surface area contributed by atoms with E-state index in [0.29, 0.717) is 5.92 Å². The maximum Gasteiger partial charge on any atom is 0.0941 e. The van der Waals surface area contributed by atoms with Gasteiger partial charge in [-0.2, -0.15) is 0 Å². The summed E-state index contributed by atoms with van der Waals surface area (Å²) in [7, 11) is 0. The minimum atomic E-state index is -0.250. The molecule has 2 atom stereocenters. The normalized spacial score (nSPS) is 26.7. The summed E-state index contributed by atoms with van der Waals surface area (Å²) >= 11 is 5.80. The van der Waals surface area contributed by atoms with E-state index in [4.69, 9.17) is 11.6 Å². The Labute approximate surface area is 88.3 Å². The SMILES string of the molecule is FC[C@H]1CNC[C@H]1c1ccc(Cl)cc1. The van der Waals surface area contributed by atoms with E-state index in [1.165, 1.54) is 5.56 Å². The summed E-state index contributed by atoms with van der Waals surface area (Å²) in [4.78, 5) is 0. The summed E-state index contributed by atoms with van der Waals surface area (Å²) in [6, 6.07) is 7.71. The first kappa shape index (κ1) is 9.94. The molecule has 0 bridgehead atoms.